The summed E-state index contributed by atoms with van der Waals surface area (Å²) in [6.45, 7) is 2.95. The summed E-state index contributed by atoms with van der Waals surface area (Å²) >= 11 is 0. The predicted octanol–water partition coefficient (Wildman–Crippen LogP) is 2.94. The van der Waals surface area contributed by atoms with Crippen LogP contribution < -0.4 is 5.32 Å². The van der Waals surface area contributed by atoms with Gasteiger partial charge >= 0.3 is 0 Å². The number of rotatable bonds is 7. The highest BCUT2D eigenvalue weighted by molar-refractivity contribution is 7.84. The largest absolute Gasteiger partial charge is 0.360 e. The Balaban J connectivity index is 2.04. The van der Waals surface area contributed by atoms with Gasteiger partial charge < -0.3 is 9.88 Å². The lowest BCUT2D eigenvalue weighted by Gasteiger charge is -2.07. The minimum absolute atomic E-state index is 0.00756. The Bertz CT molecular complexity index is 808. The molecule has 0 aliphatic carbocycles. The number of nitriles is 2. The zero-order valence-corrected chi connectivity index (χ0v) is 14.1. The number of hydrogen-bond donors (Lipinski definition) is 1. The molecule has 0 aliphatic rings. The molecule has 1 heterocycles. The Morgan fingerprint density at radius 3 is 2.67 bits per heavy atom. The number of imidazole rings is 1. The second-order valence-electron chi connectivity index (χ2n) is 5.02. The lowest BCUT2D eigenvalue weighted by molar-refractivity contribution is 0.652. The second-order valence-corrected chi connectivity index (χ2v) is 6.47. The molecule has 122 valence electrons. The Morgan fingerprint density at radius 1 is 1.33 bits per heavy atom. The molecule has 1 unspecified atom stereocenters. The maximum absolute atomic E-state index is 12.5. The highest BCUT2D eigenvalue weighted by atomic mass is 32.2. The number of aryl methyl sites for hydroxylation is 1. The van der Waals surface area contributed by atoms with Gasteiger partial charge in [0.15, 0.2) is 0 Å². The molecule has 7 heteroatoms. The fraction of sp³-hybridized carbons (Fsp3) is 0.235. The first kappa shape index (κ1) is 17.5. The first-order valence-electron chi connectivity index (χ1n) is 7.42. The van der Waals surface area contributed by atoms with Gasteiger partial charge in [-0.25, -0.2) is 4.98 Å². The molecule has 2 rings (SSSR count). The van der Waals surface area contributed by atoms with Gasteiger partial charge in [-0.2, -0.15) is 10.5 Å². The predicted molar refractivity (Wildman–Crippen MR) is 92.0 cm³/mol. The average Bonchev–Trinajstić information content (AvgIpc) is 3.03. The van der Waals surface area contributed by atoms with Crippen molar-refractivity contribution < 1.29 is 4.21 Å². The van der Waals surface area contributed by atoms with Crippen LogP contribution in [0.3, 0.4) is 0 Å². The molecule has 0 amide bonds. The number of allylic oxidation sites excluding steroid dienone is 1. The number of benzene rings is 1. The van der Waals surface area contributed by atoms with Gasteiger partial charge in [-0.3, -0.25) is 4.21 Å². The monoisotopic (exact) mass is 339 g/mol. The van der Waals surface area contributed by atoms with Gasteiger partial charge in [0.1, 0.15) is 17.7 Å². The molecular formula is C17H17N5OS. The summed E-state index contributed by atoms with van der Waals surface area (Å²) in [7, 11) is -1.16. The molecule has 24 heavy (non-hydrogen) atoms. The van der Waals surface area contributed by atoms with Crippen LogP contribution in [-0.2, 0) is 23.1 Å². The van der Waals surface area contributed by atoms with Gasteiger partial charge in [0.05, 0.1) is 28.6 Å². The average molecular weight is 339 g/mol. The number of nitrogens with one attached hydrogen (secondary N) is 1. The van der Waals surface area contributed by atoms with Gasteiger partial charge in [0.25, 0.3) is 0 Å². The van der Waals surface area contributed by atoms with Crippen molar-refractivity contribution in [3.05, 3.63) is 54.3 Å². The van der Waals surface area contributed by atoms with Crippen LogP contribution in [0.2, 0.25) is 0 Å². The number of hydrogen-bond acceptors (Lipinski definition) is 5. The third kappa shape index (κ3) is 4.55. The van der Waals surface area contributed by atoms with Crippen molar-refractivity contribution >= 4 is 16.5 Å². The summed E-state index contributed by atoms with van der Waals surface area (Å²) < 4.78 is 14.5. The van der Waals surface area contributed by atoms with Crippen LogP contribution in [0.5, 0.6) is 0 Å². The van der Waals surface area contributed by atoms with E-state index >= 15 is 0 Å². The van der Waals surface area contributed by atoms with Gasteiger partial charge in [-0.1, -0.05) is 6.92 Å². The standard InChI is InChI=1S/C17H17N5OS/c1-2-7-22-13-20-11-16(22)12-24(23)17-5-3-15(4-6-17)21-10-14(8-18)9-19/h3-6,10-11,13,21H,2,7,12H2,1H3. The lowest BCUT2D eigenvalue weighted by atomic mass is 10.3. The fourth-order valence-corrected chi connectivity index (χ4v) is 3.19. The fourth-order valence-electron chi connectivity index (χ4n) is 2.08. The summed E-state index contributed by atoms with van der Waals surface area (Å²) in [4.78, 5) is 4.84. The second kappa shape index (κ2) is 8.66. The first-order valence-corrected chi connectivity index (χ1v) is 8.74. The molecule has 1 atom stereocenters. The quantitative estimate of drug-likeness (QED) is 0.783. The van der Waals surface area contributed by atoms with Crippen molar-refractivity contribution in [3.8, 4) is 12.1 Å². The minimum Gasteiger partial charge on any atom is -0.360 e. The molecule has 1 N–H and O–H groups in total. The van der Waals surface area contributed by atoms with Crippen LogP contribution in [0.25, 0.3) is 0 Å². The third-order valence-electron chi connectivity index (χ3n) is 3.28. The minimum atomic E-state index is -1.16. The SMILES string of the molecule is CCCn1cncc1CS(=O)c1ccc(NC=C(C#N)C#N)cc1. The highest BCUT2D eigenvalue weighted by Crippen LogP contribution is 2.16. The van der Waals surface area contributed by atoms with Crippen molar-refractivity contribution in [2.24, 2.45) is 0 Å². The van der Waals surface area contributed by atoms with E-state index in [9.17, 15) is 4.21 Å². The Labute approximate surface area is 143 Å². The van der Waals surface area contributed by atoms with Gasteiger partial charge in [0, 0.05) is 29.5 Å². The molecular weight excluding hydrogens is 322 g/mol. The number of aromatic nitrogens is 2. The van der Waals surface area contributed by atoms with E-state index < -0.39 is 10.8 Å². The number of anilines is 1. The van der Waals surface area contributed by atoms with Crippen LogP contribution in [-0.4, -0.2) is 13.8 Å². The van der Waals surface area contributed by atoms with Gasteiger partial charge in [0.2, 0.25) is 0 Å². The van der Waals surface area contributed by atoms with E-state index in [0.29, 0.717) is 5.75 Å². The summed E-state index contributed by atoms with van der Waals surface area (Å²) in [5.41, 5.74) is 1.66. The van der Waals surface area contributed by atoms with E-state index in [-0.39, 0.29) is 5.57 Å². The maximum atomic E-state index is 12.5. The summed E-state index contributed by atoms with van der Waals surface area (Å²) in [5.74, 6) is 0.416. The molecule has 2 aromatic rings. The van der Waals surface area contributed by atoms with E-state index in [2.05, 4.69) is 17.2 Å². The molecule has 6 nitrogen and oxygen atoms in total. The van der Waals surface area contributed by atoms with Crippen molar-refractivity contribution in [2.75, 3.05) is 5.32 Å². The molecule has 1 aromatic heterocycles. The molecule has 0 saturated carbocycles. The Hall–Kier alpha value is -2.90. The summed E-state index contributed by atoms with van der Waals surface area (Å²) in [5, 5.41) is 20.2. The van der Waals surface area contributed by atoms with E-state index in [1.807, 2.05) is 4.57 Å². The smallest absolute Gasteiger partial charge is 0.145 e. The maximum Gasteiger partial charge on any atom is 0.145 e. The molecule has 0 aliphatic heterocycles. The molecule has 0 bridgehead atoms. The molecule has 0 spiro atoms. The van der Waals surface area contributed by atoms with Gasteiger partial charge in [-0.15, -0.1) is 0 Å². The number of nitrogens with zero attached hydrogens (tertiary/aromatic N) is 4. The van der Waals surface area contributed by atoms with Crippen molar-refractivity contribution in [2.45, 2.75) is 30.5 Å². The molecule has 1 aromatic carbocycles. The first-order chi connectivity index (χ1) is 11.7. The van der Waals surface area contributed by atoms with Crippen LogP contribution in [0.4, 0.5) is 5.69 Å². The summed E-state index contributed by atoms with van der Waals surface area (Å²) in [6, 6.07) is 10.6. The van der Waals surface area contributed by atoms with E-state index in [1.165, 1.54) is 6.20 Å². The Morgan fingerprint density at radius 2 is 2.04 bits per heavy atom. The normalized spacial score (nSPS) is 11.1. The topological polar surface area (TPSA) is 94.5 Å². The van der Waals surface area contributed by atoms with Crippen molar-refractivity contribution in [1.29, 1.82) is 10.5 Å². The van der Waals surface area contributed by atoms with Crippen molar-refractivity contribution in [3.63, 3.8) is 0 Å². The van der Waals surface area contributed by atoms with Gasteiger partial charge in [-0.05, 0) is 30.7 Å². The molecule has 0 fully saturated rings. The zero-order chi connectivity index (χ0) is 17.4. The molecule has 0 saturated heterocycles. The van der Waals surface area contributed by atoms with Crippen LogP contribution in [0, 0.1) is 22.7 Å². The summed E-state index contributed by atoms with van der Waals surface area (Å²) in [6.07, 6.45) is 5.85. The van der Waals surface area contributed by atoms with Crippen LogP contribution in [0.1, 0.15) is 19.0 Å². The van der Waals surface area contributed by atoms with E-state index in [0.717, 1.165) is 29.2 Å². The molecule has 0 radical (unpaired) electrons. The third-order valence-corrected chi connectivity index (χ3v) is 4.64. The van der Waals surface area contributed by atoms with E-state index in [4.69, 9.17) is 10.5 Å². The van der Waals surface area contributed by atoms with E-state index in [1.54, 1.807) is 48.9 Å². The Kier molecular flexibility index (Phi) is 6.30. The van der Waals surface area contributed by atoms with Crippen molar-refractivity contribution in [1.82, 2.24) is 9.55 Å². The van der Waals surface area contributed by atoms with Crippen LogP contribution in [0.15, 0.2) is 53.5 Å². The zero-order valence-electron chi connectivity index (χ0n) is 13.3. The lowest BCUT2D eigenvalue weighted by Crippen LogP contribution is -2.05. The van der Waals surface area contributed by atoms with Crippen LogP contribution >= 0.6 is 0 Å². The highest BCUT2D eigenvalue weighted by Gasteiger charge is 2.09.